The monoisotopic (exact) mass is 344 g/mol. The predicted molar refractivity (Wildman–Crippen MR) is 101 cm³/mol. The molecule has 0 saturated carbocycles. The number of benzene rings is 2. The van der Waals surface area contributed by atoms with Crippen LogP contribution in [0.5, 0.6) is 0 Å². The highest BCUT2D eigenvalue weighted by atomic mass is 16.7. The highest BCUT2D eigenvalue weighted by molar-refractivity contribution is 5.83. The molecule has 5 rings (SSSR count). The number of hydrogen-bond acceptors (Lipinski definition) is 3. The molecule has 0 unspecified atom stereocenters. The van der Waals surface area contributed by atoms with Crippen LogP contribution in [0.15, 0.2) is 72.8 Å². The molecule has 0 N–H and O–H groups in total. The van der Waals surface area contributed by atoms with Gasteiger partial charge in [-0.05, 0) is 42.9 Å². The fourth-order valence-corrected chi connectivity index (χ4v) is 3.73. The lowest BCUT2D eigenvalue weighted by atomic mass is 9.87. The van der Waals surface area contributed by atoms with Crippen molar-refractivity contribution in [1.82, 2.24) is 0 Å². The maximum Gasteiger partial charge on any atom is 0.208 e. The van der Waals surface area contributed by atoms with Gasteiger partial charge < -0.3 is 14.2 Å². The van der Waals surface area contributed by atoms with E-state index in [2.05, 4.69) is 49.4 Å². The van der Waals surface area contributed by atoms with Crippen molar-refractivity contribution in [2.24, 2.45) is 0 Å². The Morgan fingerprint density at radius 1 is 0.846 bits per heavy atom. The van der Waals surface area contributed by atoms with Crippen LogP contribution in [0.3, 0.4) is 0 Å². The van der Waals surface area contributed by atoms with E-state index in [4.69, 9.17) is 14.2 Å². The van der Waals surface area contributed by atoms with Gasteiger partial charge in [-0.1, -0.05) is 54.1 Å². The van der Waals surface area contributed by atoms with Crippen molar-refractivity contribution in [3.63, 3.8) is 0 Å². The molecule has 0 radical (unpaired) electrons. The molecule has 3 nitrogen and oxygen atoms in total. The minimum atomic E-state index is -0.729. The van der Waals surface area contributed by atoms with E-state index in [9.17, 15) is 0 Å². The van der Waals surface area contributed by atoms with E-state index in [1.807, 2.05) is 36.4 Å². The predicted octanol–water partition coefficient (Wildman–Crippen LogP) is 4.59. The summed E-state index contributed by atoms with van der Waals surface area (Å²) in [6, 6.07) is 16.8. The minimum absolute atomic E-state index is 0.603. The third-order valence-corrected chi connectivity index (χ3v) is 5.13. The molecule has 0 atom stereocenters. The van der Waals surface area contributed by atoms with Crippen LogP contribution in [0.4, 0.5) is 0 Å². The van der Waals surface area contributed by atoms with E-state index < -0.39 is 11.4 Å². The van der Waals surface area contributed by atoms with E-state index in [-0.39, 0.29) is 0 Å². The van der Waals surface area contributed by atoms with E-state index in [1.54, 1.807) is 0 Å². The van der Waals surface area contributed by atoms with Gasteiger partial charge in [0.2, 0.25) is 5.79 Å². The molecule has 130 valence electrons. The molecule has 2 aliphatic heterocycles. The Hall–Kier alpha value is -2.62. The lowest BCUT2D eigenvalue weighted by Gasteiger charge is -2.31. The lowest BCUT2D eigenvalue weighted by molar-refractivity contribution is -0.0786. The Kier molecular flexibility index (Phi) is 3.42. The van der Waals surface area contributed by atoms with Crippen LogP contribution in [-0.2, 0) is 19.8 Å². The molecule has 0 aromatic heterocycles. The summed E-state index contributed by atoms with van der Waals surface area (Å²) in [6.45, 7) is 3.31. The molecule has 3 aliphatic rings. The first-order chi connectivity index (χ1) is 12.7. The maximum atomic E-state index is 6.47. The first-order valence-corrected chi connectivity index (χ1v) is 8.94. The first-order valence-electron chi connectivity index (χ1n) is 8.94. The van der Waals surface area contributed by atoms with E-state index in [1.165, 1.54) is 5.56 Å². The summed E-state index contributed by atoms with van der Waals surface area (Å²) in [4.78, 5) is 0. The summed E-state index contributed by atoms with van der Waals surface area (Å²) in [5.74, 6) is 0.149. The van der Waals surface area contributed by atoms with Gasteiger partial charge in [-0.15, -0.1) is 0 Å². The Labute approximate surface area is 153 Å². The molecule has 1 saturated heterocycles. The number of rotatable bonds is 1. The van der Waals surface area contributed by atoms with Gasteiger partial charge in [-0.3, -0.25) is 0 Å². The average molecular weight is 344 g/mol. The van der Waals surface area contributed by atoms with Crippen molar-refractivity contribution in [2.45, 2.75) is 18.3 Å². The normalized spacial score (nSPS) is 22.9. The quantitative estimate of drug-likeness (QED) is 0.708. The van der Waals surface area contributed by atoms with Gasteiger partial charge in [0.25, 0.3) is 0 Å². The zero-order valence-corrected chi connectivity index (χ0v) is 14.6. The van der Waals surface area contributed by atoms with Gasteiger partial charge >= 0.3 is 0 Å². The number of hydrogen-bond donors (Lipinski definition) is 0. The summed E-state index contributed by atoms with van der Waals surface area (Å²) in [5, 5.41) is 0. The summed E-state index contributed by atoms with van der Waals surface area (Å²) >= 11 is 0. The molecule has 1 aliphatic carbocycles. The van der Waals surface area contributed by atoms with Gasteiger partial charge in [0.05, 0.1) is 13.2 Å². The number of aryl methyl sites for hydroxylation is 1. The van der Waals surface area contributed by atoms with Crippen molar-refractivity contribution in [2.75, 3.05) is 13.2 Å². The average Bonchev–Trinajstić information content (AvgIpc) is 3.24. The third-order valence-electron chi connectivity index (χ3n) is 5.13. The zero-order valence-electron chi connectivity index (χ0n) is 14.6. The zero-order chi connectivity index (χ0) is 17.6. The molecule has 3 heteroatoms. The highest BCUT2D eigenvalue weighted by Gasteiger charge is 2.44. The largest absolute Gasteiger partial charge is 0.474 e. The SMILES string of the molecule is Cc1ccc(/C=C2/OC3(C=CC4(C=C3)OCCO4)c3ccccc32)cc1. The lowest BCUT2D eigenvalue weighted by Crippen LogP contribution is -2.32. The van der Waals surface area contributed by atoms with Gasteiger partial charge in [0.1, 0.15) is 5.76 Å². The van der Waals surface area contributed by atoms with E-state index in [0.717, 1.165) is 22.4 Å². The molecule has 1 fully saturated rings. The van der Waals surface area contributed by atoms with Crippen LogP contribution in [0, 0.1) is 6.92 Å². The third kappa shape index (κ3) is 2.44. The van der Waals surface area contributed by atoms with Crippen molar-refractivity contribution < 1.29 is 14.2 Å². The Balaban J connectivity index is 1.56. The Morgan fingerprint density at radius 2 is 1.54 bits per heavy atom. The second kappa shape index (κ2) is 5.70. The van der Waals surface area contributed by atoms with Crippen molar-refractivity contribution in [3.8, 4) is 0 Å². The topological polar surface area (TPSA) is 27.7 Å². The summed E-state index contributed by atoms with van der Waals surface area (Å²) in [6.07, 6.45) is 10.1. The second-order valence-electron chi connectivity index (χ2n) is 6.95. The standard InChI is InChI=1S/C23H20O3/c1-17-6-8-18(9-7-17)16-21-19-4-2-3-5-20(19)22(26-21)10-12-23(13-11-22)24-14-15-25-23/h2-13,16H,14-15H2,1H3/b21-16+. The summed E-state index contributed by atoms with van der Waals surface area (Å²) < 4.78 is 18.0. The fraction of sp³-hybridized carbons (Fsp3) is 0.217. The molecule has 2 spiro atoms. The minimum Gasteiger partial charge on any atom is -0.474 e. The van der Waals surface area contributed by atoms with Crippen LogP contribution in [0.1, 0.15) is 22.3 Å². The molecular formula is C23H20O3. The first kappa shape index (κ1) is 15.6. The number of ether oxygens (including phenoxy) is 3. The van der Waals surface area contributed by atoms with Crippen molar-refractivity contribution in [3.05, 3.63) is 95.1 Å². The molecule has 26 heavy (non-hydrogen) atoms. The fourth-order valence-electron chi connectivity index (χ4n) is 3.73. The van der Waals surface area contributed by atoms with Crippen molar-refractivity contribution in [1.29, 1.82) is 0 Å². The van der Waals surface area contributed by atoms with Gasteiger partial charge in [0, 0.05) is 11.1 Å². The van der Waals surface area contributed by atoms with Crippen LogP contribution in [0.25, 0.3) is 11.8 Å². The molecule has 0 amide bonds. The molecule has 0 bridgehead atoms. The van der Waals surface area contributed by atoms with Crippen molar-refractivity contribution >= 4 is 11.8 Å². The molecule has 2 aromatic rings. The Bertz CT molecular complexity index is 912. The Morgan fingerprint density at radius 3 is 2.27 bits per heavy atom. The molecule has 2 aromatic carbocycles. The smallest absolute Gasteiger partial charge is 0.208 e. The molecular weight excluding hydrogens is 324 g/mol. The van der Waals surface area contributed by atoms with Gasteiger partial charge in [0.15, 0.2) is 5.60 Å². The van der Waals surface area contributed by atoms with Gasteiger partial charge in [-0.25, -0.2) is 0 Å². The summed E-state index contributed by atoms with van der Waals surface area (Å²) in [5.41, 5.74) is 4.02. The van der Waals surface area contributed by atoms with Crippen LogP contribution >= 0.6 is 0 Å². The number of fused-ring (bicyclic) bond motifs is 2. The molecule has 2 heterocycles. The van der Waals surface area contributed by atoms with Crippen LogP contribution in [-0.4, -0.2) is 19.0 Å². The van der Waals surface area contributed by atoms with E-state index >= 15 is 0 Å². The summed E-state index contributed by atoms with van der Waals surface area (Å²) in [7, 11) is 0. The highest BCUT2D eigenvalue weighted by Crippen LogP contribution is 2.48. The maximum absolute atomic E-state index is 6.47. The van der Waals surface area contributed by atoms with Crippen LogP contribution < -0.4 is 0 Å². The van der Waals surface area contributed by atoms with Crippen LogP contribution in [0.2, 0.25) is 0 Å². The van der Waals surface area contributed by atoms with Gasteiger partial charge in [-0.2, -0.15) is 0 Å². The van der Waals surface area contributed by atoms with E-state index in [0.29, 0.717) is 13.2 Å². The second-order valence-corrected chi connectivity index (χ2v) is 6.95.